The number of hydrogen-bond acceptors (Lipinski definition) is 10. The van der Waals surface area contributed by atoms with Gasteiger partial charge in [0, 0.05) is 0 Å². The lowest BCUT2D eigenvalue weighted by atomic mass is 9.93. The zero-order chi connectivity index (χ0) is 14.1. The second-order valence-corrected chi connectivity index (χ2v) is 4.98. The standard InChI is InChI=1S/C7H15O10P/c8-2-7(12)6(11)5(10)4(9)3(17-7)1-16-18(13,14)15/h3-6,8-12H,1-2H2,(H2,13,14,15)/p-2. The van der Waals surface area contributed by atoms with Crippen LogP contribution in [0.4, 0.5) is 0 Å². The summed E-state index contributed by atoms with van der Waals surface area (Å²) in [5, 5.41) is 46.5. The lowest BCUT2D eigenvalue weighted by Gasteiger charge is -2.45. The molecule has 0 aromatic carbocycles. The molecule has 0 aromatic heterocycles. The molecule has 0 amide bonds. The topological polar surface area (TPSA) is 183 Å². The van der Waals surface area contributed by atoms with E-state index in [1.807, 2.05) is 0 Å². The first-order chi connectivity index (χ1) is 8.10. The summed E-state index contributed by atoms with van der Waals surface area (Å²) in [6.07, 6.45) is -7.35. The Morgan fingerprint density at radius 2 is 1.83 bits per heavy atom. The lowest BCUT2D eigenvalue weighted by molar-refractivity contribution is -0.367. The Labute approximate surface area is 101 Å². The van der Waals surface area contributed by atoms with Crippen molar-refractivity contribution in [3.63, 3.8) is 0 Å². The SMILES string of the molecule is O=P([O-])([O-])OCC1OC(O)(CO)C(O)C(O)C1O. The van der Waals surface area contributed by atoms with E-state index in [1.165, 1.54) is 0 Å². The lowest BCUT2D eigenvalue weighted by Crippen LogP contribution is -2.66. The molecule has 5 N–H and O–H groups in total. The molecule has 0 aliphatic carbocycles. The Morgan fingerprint density at radius 1 is 1.28 bits per heavy atom. The first-order valence-electron chi connectivity index (χ1n) is 4.82. The average Bonchev–Trinajstić information content (AvgIpc) is 2.28. The molecule has 1 rings (SSSR count). The van der Waals surface area contributed by atoms with Gasteiger partial charge >= 0.3 is 0 Å². The van der Waals surface area contributed by atoms with E-state index in [0.29, 0.717) is 0 Å². The molecule has 1 fully saturated rings. The molecule has 18 heavy (non-hydrogen) atoms. The molecule has 5 unspecified atom stereocenters. The van der Waals surface area contributed by atoms with E-state index in [9.17, 15) is 34.8 Å². The highest BCUT2D eigenvalue weighted by Gasteiger charge is 2.52. The Hall–Kier alpha value is -0.130. The maximum absolute atomic E-state index is 10.2. The zero-order valence-electron chi connectivity index (χ0n) is 8.95. The molecule has 0 saturated carbocycles. The minimum absolute atomic E-state index is 0.975. The van der Waals surface area contributed by atoms with Gasteiger partial charge in [-0.15, -0.1) is 0 Å². The molecule has 1 heterocycles. The minimum Gasteiger partial charge on any atom is -0.790 e. The molecule has 1 aliphatic rings. The Morgan fingerprint density at radius 3 is 2.28 bits per heavy atom. The van der Waals surface area contributed by atoms with Crippen LogP contribution in [-0.4, -0.2) is 68.9 Å². The van der Waals surface area contributed by atoms with Gasteiger partial charge in [-0.2, -0.15) is 0 Å². The van der Waals surface area contributed by atoms with Gasteiger partial charge in [0.15, 0.2) is 0 Å². The van der Waals surface area contributed by atoms with Crippen molar-refractivity contribution >= 4 is 7.82 Å². The fourth-order valence-corrected chi connectivity index (χ4v) is 1.83. The third-order valence-corrected chi connectivity index (χ3v) is 2.96. The van der Waals surface area contributed by atoms with E-state index in [1.54, 1.807) is 0 Å². The predicted molar refractivity (Wildman–Crippen MR) is 48.5 cm³/mol. The highest BCUT2D eigenvalue weighted by molar-refractivity contribution is 7.43. The summed E-state index contributed by atoms with van der Waals surface area (Å²) in [6, 6.07) is 0. The van der Waals surface area contributed by atoms with E-state index in [-0.39, 0.29) is 0 Å². The van der Waals surface area contributed by atoms with Crippen molar-refractivity contribution in [2.24, 2.45) is 0 Å². The minimum atomic E-state index is -5.32. The van der Waals surface area contributed by atoms with Crippen LogP contribution in [0.3, 0.4) is 0 Å². The molecule has 0 radical (unpaired) electrons. The first kappa shape index (κ1) is 15.9. The van der Waals surface area contributed by atoms with Crippen LogP contribution in [0.1, 0.15) is 0 Å². The van der Waals surface area contributed by atoms with E-state index in [4.69, 9.17) is 5.11 Å². The van der Waals surface area contributed by atoms with Gasteiger partial charge in [-0.25, -0.2) is 0 Å². The summed E-state index contributed by atoms with van der Waals surface area (Å²) in [7, 11) is -5.32. The number of phosphoric ester groups is 1. The summed E-state index contributed by atoms with van der Waals surface area (Å²) in [5.74, 6) is -2.59. The molecule has 11 heteroatoms. The van der Waals surface area contributed by atoms with Crippen LogP contribution in [0.25, 0.3) is 0 Å². The molecule has 0 spiro atoms. The van der Waals surface area contributed by atoms with Crippen LogP contribution in [-0.2, 0) is 13.8 Å². The molecule has 108 valence electrons. The number of rotatable bonds is 4. The van der Waals surface area contributed by atoms with Gasteiger partial charge in [-0.3, -0.25) is 0 Å². The monoisotopic (exact) mass is 288 g/mol. The number of hydrogen-bond donors (Lipinski definition) is 5. The molecular weight excluding hydrogens is 275 g/mol. The van der Waals surface area contributed by atoms with Crippen LogP contribution in [0.2, 0.25) is 0 Å². The van der Waals surface area contributed by atoms with E-state index < -0.39 is 51.2 Å². The van der Waals surface area contributed by atoms with E-state index in [0.717, 1.165) is 0 Å². The van der Waals surface area contributed by atoms with Gasteiger partial charge in [0.25, 0.3) is 0 Å². The summed E-state index contributed by atoms with van der Waals surface area (Å²) >= 11 is 0. The van der Waals surface area contributed by atoms with Gasteiger partial charge in [-0.1, -0.05) is 0 Å². The molecule has 5 atom stereocenters. The van der Waals surface area contributed by atoms with Crippen molar-refractivity contribution < 1.29 is 49.1 Å². The van der Waals surface area contributed by atoms with Crippen molar-refractivity contribution in [1.29, 1.82) is 0 Å². The fourth-order valence-electron chi connectivity index (χ4n) is 1.50. The van der Waals surface area contributed by atoms with Gasteiger partial charge < -0.3 is 49.1 Å². The molecule has 10 nitrogen and oxygen atoms in total. The molecule has 1 aliphatic heterocycles. The summed E-state index contributed by atoms with van der Waals surface area (Å²) in [6.45, 7) is -2.10. The quantitative estimate of drug-likeness (QED) is 0.314. The molecular formula is C7H13O10P-2. The first-order valence-corrected chi connectivity index (χ1v) is 6.28. The maximum Gasteiger partial charge on any atom is 0.219 e. The van der Waals surface area contributed by atoms with Crippen molar-refractivity contribution in [2.75, 3.05) is 13.2 Å². The van der Waals surface area contributed by atoms with Crippen molar-refractivity contribution in [1.82, 2.24) is 0 Å². The second kappa shape index (κ2) is 5.47. The molecule has 0 aromatic rings. The normalized spacial score (nSPS) is 41.9. The number of phosphoric acid groups is 1. The van der Waals surface area contributed by atoms with Gasteiger partial charge in [0.2, 0.25) is 5.79 Å². The van der Waals surface area contributed by atoms with Crippen LogP contribution in [0.15, 0.2) is 0 Å². The largest absolute Gasteiger partial charge is 0.790 e. The second-order valence-electron chi connectivity index (χ2n) is 3.83. The predicted octanol–water partition coefficient (Wildman–Crippen LogP) is -5.01. The van der Waals surface area contributed by atoms with Crippen molar-refractivity contribution in [2.45, 2.75) is 30.2 Å². The Balaban J connectivity index is 2.77. The van der Waals surface area contributed by atoms with Crippen LogP contribution >= 0.6 is 7.82 Å². The third-order valence-electron chi connectivity index (χ3n) is 2.50. The van der Waals surface area contributed by atoms with Crippen molar-refractivity contribution in [3.8, 4) is 0 Å². The van der Waals surface area contributed by atoms with Crippen LogP contribution < -0.4 is 9.79 Å². The highest BCUT2D eigenvalue weighted by Crippen LogP contribution is 2.31. The smallest absolute Gasteiger partial charge is 0.219 e. The number of aliphatic hydroxyl groups excluding tert-OH is 4. The molecule has 0 bridgehead atoms. The van der Waals surface area contributed by atoms with Crippen LogP contribution in [0.5, 0.6) is 0 Å². The highest BCUT2D eigenvalue weighted by atomic mass is 31.2. The third kappa shape index (κ3) is 3.45. The summed E-state index contributed by atoms with van der Waals surface area (Å²) in [5.41, 5.74) is 0. The maximum atomic E-state index is 10.2. The summed E-state index contributed by atoms with van der Waals surface area (Å²) in [4.78, 5) is 20.5. The summed E-state index contributed by atoms with van der Waals surface area (Å²) < 4.78 is 18.7. The number of aliphatic hydroxyl groups is 5. The van der Waals surface area contributed by atoms with Crippen LogP contribution in [0, 0.1) is 0 Å². The van der Waals surface area contributed by atoms with Gasteiger partial charge in [0.1, 0.15) is 24.4 Å². The fraction of sp³-hybridized carbons (Fsp3) is 1.00. The Kier molecular flexibility index (Phi) is 4.84. The van der Waals surface area contributed by atoms with Gasteiger partial charge in [-0.05, 0) is 0 Å². The van der Waals surface area contributed by atoms with Crippen molar-refractivity contribution in [3.05, 3.63) is 0 Å². The average molecular weight is 288 g/mol. The zero-order valence-corrected chi connectivity index (χ0v) is 9.84. The Bertz CT molecular complexity index is 330. The van der Waals surface area contributed by atoms with E-state index in [2.05, 4.69) is 9.26 Å². The van der Waals surface area contributed by atoms with Gasteiger partial charge in [0.05, 0.1) is 21.0 Å². The van der Waals surface area contributed by atoms with E-state index >= 15 is 0 Å². The number of ether oxygens (including phenoxy) is 1. The molecule has 1 saturated heterocycles.